The third kappa shape index (κ3) is 4.03. The van der Waals surface area contributed by atoms with Crippen LogP contribution in [0.4, 0.5) is 24.5 Å². The van der Waals surface area contributed by atoms with Crippen LogP contribution in [0.15, 0.2) is 47.4 Å². The van der Waals surface area contributed by atoms with E-state index in [4.69, 9.17) is 23.8 Å². The summed E-state index contributed by atoms with van der Waals surface area (Å²) >= 11 is 12.0. The molecule has 0 atom stereocenters. The van der Waals surface area contributed by atoms with Gasteiger partial charge >= 0.3 is 6.18 Å². The number of carbonyl (C=O) groups excluding carboxylic acids is 1. The average molecular weight is 445 g/mol. The molecule has 144 valence electrons. The summed E-state index contributed by atoms with van der Waals surface area (Å²) in [5, 5.41) is 11.1. The van der Waals surface area contributed by atoms with Gasteiger partial charge in [-0.2, -0.15) is 13.2 Å². The largest absolute Gasteiger partial charge is 0.416 e. The molecule has 0 saturated carbocycles. The Kier molecular flexibility index (Phi) is 5.46. The predicted octanol–water partition coefficient (Wildman–Crippen LogP) is 5.67. The van der Waals surface area contributed by atoms with Crippen LogP contribution in [0.1, 0.15) is 11.1 Å². The Balaban J connectivity index is 1.98. The molecule has 1 saturated heterocycles. The summed E-state index contributed by atoms with van der Waals surface area (Å²) in [5.41, 5.74) is -0.931. The first-order valence-corrected chi connectivity index (χ1v) is 9.07. The predicted molar refractivity (Wildman–Crippen MR) is 105 cm³/mol. The highest BCUT2D eigenvalue weighted by molar-refractivity contribution is 8.27. The smallest absolute Gasteiger partial charge is 0.268 e. The highest BCUT2D eigenvalue weighted by atomic mass is 35.5. The lowest BCUT2D eigenvalue weighted by Gasteiger charge is -2.16. The molecular formula is C17H8ClF3N2O3S2. The Morgan fingerprint density at radius 1 is 1.21 bits per heavy atom. The van der Waals surface area contributed by atoms with Gasteiger partial charge in [0.1, 0.15) is 0 Å². The summed E-state index contributed by atoms with van der Waals surface area (Å²) in [7, 11) is 0. The molecule has 2 aromatic carbocycles. The van der Waals surface area contributed by atoms with Crippen LogP contribution in [-0.4, -0.2) is 15.2 Å². The lowest BCUT2D eigenvalue weighted by molar-refractivity contribution is -0.384. The molecule has 28 heavy (non-hydrogen) atoms. The molecule has 2 aromatic rings. The number of benzene rings is 2. The van der Waals surface area contributed by atoms with Gasteiger partial charge in [0.2, 0.25) is 0 Å². The lowest BCUT2D eigenvalue weighted by atomic mass is 10.1. The van der Waals surface area contributed by atoms with Gasteiger partial charge in [-0.3, -0.25) is 19.8 Å². The average Bonchev–Trinajstić information content (AvgIpc) is 2.89. The zero-order chi connectivity index (χ0) is 20.6. The van der Waals surface area contributed by atoms with Crippen LogP contribution in [0.2, 0.25) is 5.02 Å². The van der Waals surface area contributed by atoms with Gasteiger partial charge in [0.25, 0.3) is 11.6 Å². The minimum Gasteiger partial charge on any atom is -0.268 e. The number of carbonyl (C=O) groups is 1. The first-order chi connectivity index (χ1) is 13.1. The molecule has 0 bridgehead atoms. The van der Waals surface area contributed by atoms with E-state index in [2.05, 4.69) is 0 Å². The van der Waals surface area contributed by atoms with E-state index < -0.39 is 22.6 Å². The maximum absolute atomic E-state index is 12.9. The summed E-state index contributed by atoms with van der Waals surface area (Å²) in [6.45, 7) is 0. The van der Waals surface area contributed by atoms with Crippen molar-refractivity contribution in [2.75, 3.05) is 4.90 Å². The first kappa shape index (κ1) is 20.3. The second kappa shape index (κ2) is 7.53. The van der Waals surface area contributed by atoms with Crippen LogP contribution in [0.5, 0.6) is 0 Å². The molecule has 0 spiro atoms. The number of rotatable bonds is 3. The number of hydrogen-bond acceptors (Lipinski definition) is 5. The number of thioether (sulfide) groups is 1. The van der Waals surface area contributed by atoms with Gasteiger partial charge in [-0.15, -0.1) is 0 Å². The molecule has 1 heterocycles. The number of anilines is 1. The van der Waals surface area contributed by atoms with E-state index in [0.29, 0.717) is 0 Å². The molecule has 0 N–H and O–H groups in total. The molecule has 0 unspecified atom stereocenters. The molecular weight excluding hydrogens is 437 g/mol. The second-order valence-electron chi connectivity index (χ2n) is 5.53. The van der Waals surface area contributed by atoms with Crippen LogP contribution in [-0.2, 0) is 11.0 Å². The van der Waals surface area contributed by atoms with Gasteiger partial charge in [0.15, 0.2) is 4.32 Å². The molecule has 0 aromatic heterocycles. The van der Waals surface area contributed by atoms with Crippen LogP contribution in [0.3, 0.4) is 0 Å². The lowest BCUT2D eigenvalue weighted by Crippen LogP contribution is -2.27. The number of thiocarbonyl (C=S) groups is 1. The van der Waals surface area contributed by atoms with Crippen molar-refractivity contribution in [1.82, 2.24) is 0 Å². The van der Waals surface area contributed by atoms with Crippen molar-refractivity contribution in [3.63, 3.8) is 0 Å². The third-order valence-electron chi connectivity index (χ3n) is 3.70. The van der Waals surface area contributed by atoms with Gasteiger partial charge < -0.3 is 0 Å². The van der Waals surface area contributed by atoms with E-state index in [-0.39, 0.29) is 31.2 Å². The van der Waals surface area contributed by atoms with Crippen molar-refractivity contribution in [1.29, 1.82) is 0 Å². The fourth-order valence-electron chi connectivity index (χ4n) is 2.41. The van der Waals surface area contributed by atoms with E-state index in [1.54, 1.807) is 0 Å². The SMILES string of the molecule is O=C1/C(=C\c2cc([N+](=O)[O-])ccc2Cl)SC(=S)N1c1cccc(C(F)(F)F)c1. The topological polar surface area (TPSA) is 63.4 Å². The van der Waals surface area contributed by atoms with Gasteiger partial charge in [-0.25, -0.2) is 0 Å². The Morgan fingerprint density at radius 2 is 1.93 bits per heavy atom. The summed E-state index contributed by atoms with van der Waals surface area (Å²) in [4.78, 5) is 24.1. The van der Waals surface area contributed by atoms with E-state index >= 15 is 0 Å². The zero-order valence-electron chi connectivity index (χ0n) is 13.6. The Morgan fingerprint density at radius 3 is 2.57 bits per heavy atom. The number of nitrogens with zero attached hydrogens (tertiary/aromatic N) is 2. The molecule has 1 aliphatic heterocycles. The molecule has 1 fully saturated rings. The van der Waals surface area contributed by atoms with Gasteiger partial charge in [-0.1, -0.05) is 41.6 Å². The fourth-order valence-corrected chi connectivity index (χ4v) is 3.87. The van der Waals surface area contributed by atoms with Crippen molar-refractivity contribution in [3.8, 4) is 0 Å². The van der Waals surface area contributed by atoms with Crippen molar-refractivity contribution >= 4 is 63.3 Å². The van der Waals surface area contributed by atoms with E-state index in [0.717, 1.165) is 28.8 Å². The number of halogens is 4. The van der Waals surface area contributed by atoms with Crippen LogP contribution in [0.25, 0.3) is 6.08 Å². The number of alkyl halides is 3. The first-order valence-electron chi connectivity index (χ1n) is 7.47. The number of non-ortho nitro benzene ring substituents is 1. The van der Waals surface area contributed by atoms with Crippen molar-refractivity contribution in [3.05, 3.63) is 73.6 Å². The van der Waals surface area contributed by atoms with Crippen LogP contribution >= 0.6 is 35.6 Å². The quantitative estimate of drug-likeness (QED) is 0.264. The Labute approximate surface area is 170 Å². The number of amides is 1. The summed E-state index contributed by atoms with van der Waals surface area (Å²) in [6, 6.07) is 7.96. The van der Waals surface area contributed by atoms with Crippen molar-refractivity contribution in [2.24, 2.45) is 0 Å². The monoisotopic (exact) mass is 444 g/mol. The van der Waals surface area contributed by atoms with Gasteiger partial charge in [-0.05, 0) is 30.3 Å². The van der Waals surface area contributed by atoms with Crippen molar-refractivity contribution < 1.29 is 22.9 Å². The molecule has 0 aliphatic carbocycles. The standard InChI is InChI=1S/C17H8ClF3N2O3S2/c18-13-5-4-12(23(25)26)6-9(13)7-14-15(24)22(16(27)28-14)11-3-1-2-10(8-11)17(19,20)21/h1-8H/b14-7+. The Hall–Kier alpha value is -2.43. The normalized spacial score (nSPS) is 16.1. The minimum absolute atomic E-state index is 0.0223. The maximum Gasteiger partial charge on any atom is 0.416 e. The highest BCUT2D eigenvalue weighted by Crippen LogP contribution is 2.39. The zero-order valence-corrected chi connectivity index (χ0v) is 16.0. The Bertz CT molecular complexity index is 1040. The summed E-state index contributed by atoms with van der Waals surface area (Å²) < 4.78 is 38.9. The molecule has 1 amide bonds. The summed E-state index contributed by atoms with van der Waals surface area (Å²) in [5.74, 6) is -0.642. The van der Waals surface area contributed by atoms with E-state index in [9.17, 15) is 28.1 Å². The minimum atomic E-state index is -4.57. The second-order valence-corrected chi connectivity index (χ2v) is 7.61. The molecule has 0 radical (unpaired) electrons. The molecule has 11 heteroatoms. The van der Waals surface area contributed by atoms with Crippen molar-refractivity contribution in [2.45, 2.75) is 6.18 Å². The highest BCUT2D eigenvalue weighted by Gasteiger charge is 2.36. The number of nitro groups is 1. The number of nitro benzene ring substituents is 1. The van der Waals surface area contributed by atoms with E-state index in [1.165, 1.54) is 36.4 Å². The fraction of sp³-hybridized carbons (Fsp3) is 0.0588. The summed E-state index contributed by atoms with van der Waals surface area (Å²) in [6.07, 6.45) is -3.25. The molecule has 5 nitrogen and oxygen atoms in total. The van der Waals surface area contributed by atoms with Gasteiger partial charge in [0, 0.05) is 22.7 Å². The molecule has 3 rings (SSSR count). The third-order valence-corrected chi connectivity index (χ3v) is 5.35. The number of hydrogen-bond donors (Lipinski definition) is 0. The maximum atomic E-state index is 12.9. The van der Waals surface area contributed by atoms with E-state index in [1.807, 2.05) is 0 Å². The van der Waals surface area contributed by atoms with Gasteiger partial charge in [0.05, 0.1) is 21.1 Å². The van der Waals surface area contributed by atoms with Crippen LogP contribution in [0, 0.1) is 10.1 Å². The molecule has 1 aliphatic rings. The van der Waals surface area contributed by atoms with Crippen LogP contribution < -0.4 is 4.90 Å².